The van der Waals surface area contributed by atoms with Crippen molar-refractivity contribution in [3.05, 3.63) is 22.4 Å². The summed E-state index contributed by atoms with van der Waals surface area (Å²) < 4.78 is 0. The minimum absolute atomic E-state index is 0.461. The van der Waals surface area contributed by atoms with E-state index in [4.69, 9.17) is 5.73 Å². The van der Waals surface area contributed by atoms with Gasteiger partial charge < -0.3 is 10.6 Å². The van der Waals surface area contributed by atoms with E-state index in [1.807, 2.05) is 7.05 Å². The minimum atomic E-state index is 0.461. The third-order valence-corrected chi connectivity index (χ3v) is 4.49. The molecule has 4 heteroatoms. The summed E-state index contributed by atoms with van der Waals surface area (Å²) >= 11 is 1.80. The third kappa shape index (κ3) is 4.02. The molecule has 1 aromatic heterocycles. The molecular weight excluding hydrogens is 242 g/mol. The smallest absolute Gasteiger partial charge is 0.191 e. The lowest BCUT2D eigenvalue weighted by Crippen LogP contribution is -2.36. The molecule has 0 aromatic carbocycles. The highest BCUT2D eigenvalue weighted by Gasteiger charge is 2.13. The molecule has 1 aromatic rings. The van der Waals surface area contributed by atoms with Crippen LogP contribution in [-0.2, 0) is 6.42 Å². The molecule has 0 radical (unpaired) electrons. The van der Waals surface area contributed by atoms with Crippen molar-refractivity contribution in [2.75, 3.05) is 13.6 Å². The second kappa shape index (κ2) is 6.78. The summed E-state index contributed by atoms with van der Waals surface area (Å²) in [4.78, 5) is 8.15. The zero-order valence-corrected chi connectivity index (χ0v) is 12.0. The normalized spacial score (nSPS) is 17.9. The van der Waals surface area contributed by atoms with E-state index in [0.717, 1.165) is 13.0 Å². The van der Waals surface area contributed by atoms with Crippen LogP contribution in [0.5, 0.6) is 0 Å². The second-order valence-electron chi connectivity index (χ2n) is 5.03. The van der Waals surface area contributed by atoms with Crippen molar-refractivity contribution in [3.63, 3.8) is 0 Å². The standard InChI is InChI=1S/C14H23N3S/c1-17(10-9-13-8-5-11-18-13)14(15)16-12-6-3-2-4-7-12/h5,8,11-12H,2-4,6-7,9-10H2,1H3,(H2,15,16). The molecular formula is C14H23N3S. The largest absolute Gasteiger partial charge is 0.370 e. The van der Waals surface area contributed by atoms with E-state index in [9.17, 15) is 0 Å². The van der Waals surface area contributed by atoms with Crippen LogP contribution < -0.4 is 5.73 Å². The molecule has 1 saturated carbocycles. The molecule has 100 valence electrons. The van der Waals surface area contributed by atoms with E-state index in [1.165, 1.54) is 37.0 Å². The summed E-state index contributed by atoms with van der Waals surface area (Å²) in [6.07, 6.45) is 7.44. The summed E-state index contributed by atoms with van der Waals surface area (Å²) in [6.45, 7) is 0.947. The Morgan fingerprint density at radius 1 is 1.44 bits per heavy atom. The lowest BCUT2D eigenvalue weighted by molar-refractivity contribution is 0.430. The Morgan fingerprint density at radius 2 is 2.22 bits per heavy atom. The van der Waals surface area contributed by atoms with E-state index in [1.54, 1.807) is 11.3 Å². The highest BCUT2D eigenvalue weighted by Crippen LogP contribution is 2.20. The number of hydrogen-bond acceptors (Lipinski definition) is 2. The van der Waals surface area contributed by atoms with Crippen LogP contribution in [0.15, 0.2) is 22.5 Å². The summed E-state index contributed by atoms with van der Waals surface area (Å²) in [5.41, 5.74) is 6.07. The SMILES string of the molecule is CN(CCc1cccs1)C(N)=NC1CCCCC1. The van der Waals surface area contributed by atoms with E-state index < -0.39 is 0 Å². The van der Waals surface area contributed by atoms with Gasteiger partial charge in [-0.15, -0.1) is 11.3 Å². The van der Waals surface area contributed by atoms with Gasteiger partial charge in [0.25, 0.3) is 0 Å². The molecule has 3 nitrogen and oxygen atoms in total. The van der Waals surface area contributed by atoms with Crippen LogP contribution in [0, 0.1) is 0 Å². The van der Waals surface area contributed by atoms with Crippen molar-refractivity contribution in [2.45, 2.75) is 44.6 Å². The summed E-state index contributed by atoms with van der Waals surface area (Å²) in [5.74, 6) is 0.707. The van der Waals surface area contributed by atoms with Crippen molar-refractivity contribution >= 4 is 17.3 Å². The number of hydrogen-bond donors (Lipinski definition) is 1. The Kier molecular flexibility index (Phi) is 5.05. The van der Waals surface area contributed by atoms with E-state index in [0.29, 0.717) is 12.0 Å². The number of guanidine groups is 1. The second-order valence-corrected chi connectivity index (χ2v) is 6.06. The van der Waals surface area contributed by atoms with Gasteiger partial charge in [0.15, 0.2) is 5.96 Å². The zero-order valence-electron chi connectivity index (χ0n) is 11.1. The number of nitrogens with two attached hydrogens (primary N) is 1. The first-order chi connectivity index (χ1) is 8.75. The van der Waals surface area contributed by atoms with Gasteiger partial charge in [-0.25, -0.2) is 4.99 Å². The fraction of sp³-hybridized carbons (Fsp3) is 0.643. The lowest BCUT2D eigenvalue weighted by Gasteiger charge is -2.22. The Bertz CT molecular complexity index is 366. The first-order valence-electron chi connectivity index (χ1n) is 6.82. The van der Waals surface area contributed by atoms with Crippen LogP contribution in [0.3, 0.4) is 0 Å². The van der Waals surface area contributed by atoms with Crippen LogP contribution in [0.25, 0.3) is 0 Å². The molecule has 2 rings (SSSR count). The van der Waals surface area contributed by atoms with Crippen molar-refractivity contribution in [1.82, 2.24) is 4.90 Å². The topological polar surface area (TPSA) is 41.6 Å². The van der Waals surface area contributed by atoms with Gasteiger partial charge in [-0.05, 0) is 30.7 Å². The van der Waals surface area contributed by atoms with Gasteiger partial charge in [0.2, 0.25) is 0 Å². The van der Waals surface area contributed by atoms with Crippen LogP contribution in [-0.4, -0.2) is 30.5 Å². The van der Waals surface area contributed by atoms with E-state index >= 15 is 0 Å². The summed E-state index contributed by atoms with van der Waals surface area (Å²) in [7, 11) is 2.04. The predicted molar refractivity (Wildman–Crippen MR) is 79.1 cm³/mol. The molecule has 0 aliphatic heterocycles. The first kappa shape index (κ1) is 13.4. The van der Waals surface area contributed by atoms with Gasteiger partial charge in [0, 0.05) is 18.5 Å². The van der Waals surface area contributed by atoms with Gasteiger partial charge in [-0.1, -0.05) is 25.3 Å². The number of nitrogens with zero attached hydrogens (tertiary/aromatic N) is 2. The first-order valence-corrected chi connectivity index (χ1v) is 7.70. The maximum Gasteiger partial charge on any atom is 0.191 e. The lowest BCUT2D eigenvalue weighted by atomic mass is 9.96. The average Bonchev–Trinajstić information content (AvgIpc) is 2.90. The molecule has 0 atom stereocenters. The monoisotopic (exact) mass is 265 g/mol. The van der Waals surface area contributed by atoms with Gasteiger partial charge in [-0.2, -0.15) is 0 Å². The maximum atomic E-state index is 6.07. The van der Waals surface area contributed by atoms with Gasteiger partial charge in [0.05, 0.1) is 6.04 Å². The van der Waals surface area contributed by atoms with Crippen LogP contribution >= 0.6 is 11.3 Å². The van der Waals surface area contributed by atoms with Crippen molar-refractivity contribution in [3.8, 4) is 0 Å². The Balaban J connectivity index is 1.79. The molecule has 0 saturated heterocycles. The van der Waals surface area contributed by atoms with Crippen LogP contribution in [0.2, 0.25) is 0 Å². The number of aliphatic imine (C=N–C) groups is 1. The highest BCUT2D eigenvalue weighted by molar-refractivity contribution is 7.09. The van der Waals surface area contributed by atoms with Crippen LogP contribution in [0.4, 0.5) is 0 Å². The molecule has 1 fully saturated rings. The van der Waals surface area contributed by atoms with Gasteiger partial charge in [0.1, 0.15) is 0 Å². The van der Waals surface area contributed by atoms with Crippen molar-refractivity contribution in [2.24, 2.45) is 10.7 Å². The molecule has 0 spiro atoms. The third-order valence-electron chi connectivity index (χ3n) is 3.55. The van der Waals surface area contributed by atoms with Gasteiger partial charge >= 0.3 is 0 Å². The van der Waals surface area contributed by atoms with Crippen molar-refractivity contribution in [1.29, 1.82) is 0 Å². The molecule has 18 heavy (non-hydrogen) atoms. The van der Waals surface area contributed by atoms with Crippen molar-refractivity contribution < 1.29 is 0 Å². The number of thiophene rings is 1. The Morgan fingerprint density at radius 3 is 2.89 bits per heavy atom. The maximum absolute atomic E-state index is 6.07. The zero-order chi connectivity index (χ0) is 12.8. The Labute approximate surface area is 114 Å². The fourth-order valence-corrected chi connectivity index (χ4v) is 3.04. The predicted octanol–water partition coefficient (Wildman–Crippen LogP) is 2.87. The highest BCUT2D eigenvalue weighted by atomic mass is 32.1. The van der Waals surface area contributed by atoms with E-state index in [2.05, 4.69) is 27.4 Å². The molecule has 1 heterocycles. The minimum Gasteiger partial charge on any atom is -0.370 e. The average molecular weight is 265 g/mol. The molecule has 1 aliphatic rings. The summed E-state index contributed by atoms with van der Waals surface area (Å²) in [5, 5.41) is 2.12. The molecule has 2 N–H and O–H groups in total. The number of likely N-dealkylation sites (N-methyl/N-ethyl adjacent to an activating group) is 1. The number of rotatable bonds is 4. The Hall–Kier alpha value is -1.03. The molecule has 0 bridgehead atoms. The molecule has 1 aliphatic carbocycles. The quantitative estimate of drug-likeness (QED) is 0.672. The molecule has 0 amide bonds. The summed E-state index contributed by atoms with van der Waals surface area (Å²) in [6, 6.07) is 4.73. The van der Waals surface area contributed by atoms with Crippen LogP contribution in [0.1, 0.15) is 37.0 Å². The van der Waals surface area contributed by atoms with Gasteiger partial charge in [-0.3, -0.25) is 0 Å². The molecule has 0 unspecified atom stereocenters. The van der Waals surface area contributed by atoms with E-state index in [-0.39, 0.29) is 0 Å². The fourth-order valence-electron chi connectivity index (χ4n) is 2.34.